The molecule has 4 heterocycles. The summed E-state index contributed by atoms with van der Waals surface area (Å²) in [6.07, 6.45) is 37.4. The van der Waals surface area contributed by atoms with Gasteiger partial charge in [0.1, 0.15) is 0 Å². The summed E-state index contributed by atoms with van der Waals surface area (Å²) in [4.78, 5) is 2.84. The average Bonchev–Trinajstić information content (AvgIpc) is 3.51. The second kappa shape index (κ2) is 21.5. The Labute approximate surface area is 279 Å². The van der Waals surface area contributed by atoms with Crippen LogP contribution in [0.1, 0.15) is 181 Å². The highest BCUT2D eigenvalue weighted by atomic mass is 16.3. The third-order valence-corrected chi connectivity index (χ3v) is 12.2. The van der Waals surface area contributed by atoms with Crippen LogP contribution in [0.2, 0.25) is 0 Å². The molecule has 4 N–H and O–H groups in total. The molecule has 0 bridgehead atoms. The van der Waals surface area contributed by atoms with E-state index in [2.05, 4.69) is 35.5 Å². The van der Waals surface area contributed by atoms with Crippen LogP contribution in [0, 0.1) is 5.92 Å². The van der Waals surface area contributed by atoms with Crippen molar-refractivity contribution in [1.29, 1.82) is 0 Å². The number of aliphatic hydroxyl groups excluding tert-OH is 2. The number of nitrogens with zero attached hydrogens (tertiary/aromatic N) is 1. The van der Waals surface area contributed by atoms with Crippen LogP contribution in [0.25, 0.3) is 0 Å². The number of hydrogen-bond donors (Lipinski definition) is 4. The van der Waals surface area contributed by atoms with Gasteiger partial charge in [0.25, 0.3) is 0 Å². The van der Waals surface area contributed by atoms with Crippen molar-refractivity contribution in [3.63, 3.8) is 0 Å². The van der Waals surface area contributed by atoms with Gasteiger partial charge in [0, 0.05) is 36.8 Å². The highest BCUT2D eigenvalue weighted by Gasteiger charge is 2.34. The number of fused-ring (bicyclic) bond motifs is 1. The largest absolute Gasteiger partial charge is 0.392 e. The summed E-state index contributed by atoms with van der Waals surface area (Å²) >= 11 is 0. The molecule has 0 aromatic rings. The highest BCUT2D eigenvalue weighted by molar-refractivity contribution is 5.15. The van der Waals surface area contributed by atoms with Gasteiger partial charge in [-0.2, -0.15) is 0 Å². The van der Waals surface area contributed by atoms with E-state index in [0.29, 0.717) is 12.1 Å². The first kappa shape index (κ1) is 37.4. The molecule has 8 atom stereocenters. The average molecular weight is 630 g/mol. The molecule has 0 saturated carbocycles. The van der Waals surface area contributed by atoms with Gasteiger partial charge in [0.2, 0.25) is 0 Å². The maximum atomic E-state index is 9.89. The van der Waals surface area contributed by atoms with E-state index in [4.69, 9.17) is 0 Å². The van der Waals surface area contributed by atoms with Crippen LogP contribution in [0.5, 0.6) is 0 Å². The van der Waals surface area contributed by atoms with Crippen molar-refractivity contribution in [3.05, 3.63) is 11.6 Å². The van der Waals surface area contributed by atoms with Gasteiger partial charge >= 0.3 is 0 Å². The molecule has 4 rings (SSSR count). The van der Waals surface area contributed by atoms with E-state index in [1.165, 1.54) is 154 Å². The molecule has 262 valence electrons. The summed E-state index contributed by atoms with van der Waals surface area (Å²) in [6.45, 7) is 6.86. The summed E-state index contributed by atoms with van der Waals surface area (Å²) in [5.41, 5.74) is 1.77. The van der Waals surface area contributed by atoms with Gasteiger partial charge in [0.15, 0.2) is 0 Å². The van der Waals surface area contributed by atoms with Crippen molar-refractivity contribution in [3.8, 4) is 0 Å². The standard InChI is InChI=1S/C40H75N3O2/c1-32-39(44)27-25-36(41-32)22-17-13-9-5-3-7-11-15-20-34-30-35(38-24-19-29-43(38)31-34)21-16-12-8-4-6-10-14-18-23-37-26-28-40(45)33(2)42-37/h30,32-33,35-42,44-45H,3-29,31H2,1-2H3/t32?,33?,35-,36?,37?,38+,39?,40?/m1/s1. The molecule has 3 saturated heterocycles. The summed E-state index contributed by atoms with van der Waals surface area (Å²) in [6, 6.07) is 2.66. The Bertz CT molecular complexity index is 804. The van der Waals surface area contributed by atoms with Crippen LogP contribution in [-0.4, -0.2) is 70.6 Å². The second-order valence-electron chi connectivity index (χ2n) is 16.0. The van der Waals surface area contributed by atoms with Crippen molar-refractivity contribution in [1.82, 2.24) is 15.5 Å². The van der Waals surface area contributed by atoms with Crippen LogP contribution in [0.15, 0.2) is 11.6 Å². The fourth-order valence-electron chi connectivity index (χ4n) is 9.17. The lowest BCUT2D eigenvalue weighted by atomic mass is 9.85. The lowest BCUT2D eigenvalue weighted by Gasteiger charge is -2.36. The van der Waals surface area contributed by atoms with Crippen LogP contribution in [0.4, 0.5) is 0 Å². The number of nitrogens with one attached hydrogen (secondary N) is 2. The summed E-state index contributed by atoms with van der Waals surface area (Å²) in [5, 5.41) is 27.0. The molecule has 4 aliphatic rings. The Morgan fingerprint density at radius 3 is 1.58 bits per heavy atom. The number of hydrogen-bond acceptors (Lipinski definition) is 5. The zero-order chi connectivity index (χ0) is 31.7. The minimum absolute atomic E-state index is 0.141. The van der Waals surface area contributed by atoms with Crippen LogP contribution in [0.3, 0.4) is 0 Å². The topological polar surface area (TPSA) is 67.8 Å². The van der Waals surface area contributed by atoms with Gasteiger partial charge in [-0.25, -0.2) is 0 Å². The molecule has 45 heavy (non-hydrogen) atoms. The van der Waals surface area contributed by atoms with Crippen LogP contribution in [-0.2, 0) is 0 Å². The minimum atomic E-state index is -0.142. The van der Waals surface area contributed by atoms with E-state index in [1.807, 2.05) is 0 Å². The number of piperidine rings is 2. The summed E-state index contributed by atoms with van der Waals surface area (Å²) < 4.78 is 0. The number of unbranched alkanes of at least 4 members (excludes halogenated alkanes) is 14. The molecule has 0 aromatic heterocycles. The van der Waals surface area contributed by atoms with Gasteiger partial charge in [-0.1, -0.05) is 108 Å². The summed E-state index contributed by atoms with van der Waals surface area (Å²) in [5.74, 6) is 0.825. The van der Waals surface area contributed by atoms with E-state index < -0.39 is 0 Å². The molecule has 0 aliphatic carbocycles. The van der Waals surface area contributed by atoms with Gasteiger partial charge in [-0.3, -0.25) is 4.90 Å². The monoisotopic (exact) mass is 630 g/mol. The van der Waals surface area contributed by atoms with E-state index in [-0.39, 0.29) is 24.3 Å². The quantitative estimate of drug-likeness (QED) is 0.0712. The molecule has 0 radical (unpaired) electrons. The lowest BCUT2D eigenvalue weighted by Crippen LogP contribution is -2.48. The molecule has 0 aromatic carbocycles. The maximum absolute atomic E-state index is 9.89. The fourth-order valence-corrected chi connectivity index (χ4v) is 9.17. The molecular weight excluding hydrogens is 554 g/mol. The van der Waals surface area contributed by atoms with E-state index in [0.717, 1.165) is 37.6 Å². The molecule has 5 nitrogen and oxygen atoms in total. The SMILES string of the molecule is CC1NC(CCCCCCCCCCC2=C[C@@H](CCCCCCCCCCC3CCC(O)C(C)N3)[C@@H]3CCCN3C2)CCC1O. The van der Waals surface area contributed by atoms with E-state index >= 15 is 0 Å². The first-order chi connectivity index (χ1) is 22.0. The zero-order valence-electron chi connectivity index (χ0n) is 29.8. The van der Waals surface area contributed by atoms with Crippen molar-refractivity contribution >= 4 is 0 Å². The van der Waals surface area contributed by atoms with E-state index in [1.54, 1.807) is 5.57 Å². The van der Waals surface area contributed by atoms with E-state index in [9.17, 15) is 10.2 Å². The summed E-state index contributed by atoms with van der Waals surface area (Å²) in [7, 11) is 0. The number of aliphatic hydroxyl groups is 2. The smallest absolute Gasteiger partial charge is 0.0691 e. The normalized spacial score (nSPS) is 32.5. The first-order valence-electron chi connectivity index (χ1n) is 20.3. The molecule has 3 fully saturated rings. The van der Waals surface area contributed by atoms with Crippen LogP contribution >= 0.6 is 0 Å². The Morgan fingerprint density at radius 1 is 0.600 bits per heavy atom. The zero-order valence-corrected chi connectivity index (χ0v) is 29.8. The molecule has 0 spiro atoms. The Kier molecular flexibility index (Phi) is 17.8. The maximum Gasteiger partial charge on any atom is 0.0691 e. The first-order valence-corrected chi connectivity index (χ1v) is 20.3. The van der Waals surface area contributed by atoms with Crippen molar-refractivity contribution < 1.29 is 10.2 Å². The van der Waals surface area contributed by atoms with Gasteiger partial charge in [-0.05, 0) is 96.9 Å². The van der Waals surface area contributed by atoms with Crippen molar-refractivity contribution in [2.75, 3.05) is 13.1 Å². The second-order valence-corrected chi connectivity index (χ2v) is 16.0. The Morgan fingerprint density at radius 2 is 1.07 bits per heavy atom. The van der Waals surface area contributed by atoms with Gasteiger partial charge in [-0.15, -0.1) is 0 Å². The number of rotatable bonds is 22. The Balaban J connectivity index is 0.963. The predicted molar refractivity (Wildman–Crippen MR) is 192 cm³/mol. The third kappa shape index (κ3) is 13.9. The van der Waals surface area contributed by atoms with Crippen LogP contribution < -0.4 is 10.6 Å². The van der Waals surface area contributed by atoms with Crippen molar-refractivity contribution in [2.45, 2.75) is 223 Å². The minimum Gasteiger partial charge on any atom is -0.392 e. The molecule has 0 amide bonds. The highest BCUT2D eigenvalue weighted by Crippen LogP contribution is 2.35. The van der Waals surface area contributed by atoms with Gasteiger partial charge in [0.05, 0.1) is 12.2 Å². The lowest BCUT2D eigenvalue weighted by molar-refractivity contribution is 0.0848. The van der Waals surface area contributed by atoms with Gasteiger partial charge < -0.3 is 20.8 Å². The molecule has 5 heteroatoms. The van der Waals surface area contributed by atoms with Crippen molar-refractivity contribution in [2.24, 2.45) is 5.92 Å². The Hall–Kier alpha value is -0.460. The predicted octanol–water partition coefficient (Wildman–Crippen LogP) is 8.81. The molecule has 4 aliphatic heterocycles. The fraction of sp³-hybridized carbons (Fsp3) is 0.950. The molecular formula is C40H75N3O2. The third-order valence-electron chi connectivity index (χ3n) is 12.2. The molecule has 6 unspecified atom stereocenters.